The van der Waals surface area contributed by atoms with Gasteiger partial charge in [-0.15, -0.1) is 11.3 Å². The average molecular weight is 393 g/mol. The van der Waals surface area contributed by atoms with Crippen molar-refractivity contribution in [1.82, 2.24) is 4.90 Å². The molecule has 1 N–H and O–H groups in total. The number of nitrogens with zero attached hydrogens (tertiary/aromatic N) is 1. The molecule has 3 rings (SSSR count). The van der Waals surface area contributed by atoms with E-state index in [-0.39, 0.29) is 10.1 Å². The first-order chi connectivity index (χ1) is 12.4. The zero-order valence-electron chi connectivity index (χ0n) is 15.1. The van der Waals surface area contributed by atoms with Crippen LogP contribution in [0.25, 0.3) is 0 Å². The fraction of sp³-hybridized carbons (Fsp3) is 0.421. The summed E-state index contributed by atoms with van der Waals surface area (Å²) in [5, 5.41) is 1.64. The lowest BCUT2D eigenvalue weighted by Gasteiger charge is -2.19. The highest BCUT2D eigenvalue weighted by atomic mass is 32.2. The maximum Gasteiger partial charge on any atom is 0.271 e. The normalized spacial score (nSPS) is 15.5. The third kappa shape index (κ3) is 4.27. The number of rotatable bonds is 4. The summed E-state index contributed by atoms with van der Waals surface area (Å²) in [6.45, 7) is 5.33. The Hall–Kier alpha value is -1.86. The zero-order valence-corrected chi connectivity index (χ0v) is 16.8. The van der Waals surface area contributed by atoms with Crippen molar-refractivity contribution in [3.05, 3.63) is 46.3 Å². The smallest absolute Gasteiger partial charge is 0.271 e. The van der Waals surface area contributed by atoms with Gasteiger partial charge in [0.15, 0.2) is 0 Å². The van der Waals surface area contributed by atoms with Gasteiger partial charge in [0.1, 0.15) is 4.21 Å². The molecule has 1 fully saturated rings. The van der Waals surface area contributed by atoms with Crippen molar-refractivity contribution in [1.29, 1.82) is 0 Å². The monoisotopic (exact) mass is 392 g/mol. The average Bonchev–Trinajstić information content (AvgIpc) is 2.94. The number of anilines is 1. The molecule has 1 aliphatic heterocycles. The maximum absolute atomic E-state index is 12.7. The van der Waals surface area contributed by atoms with Crippen LogP contribution < -0.4 is 4.72 Å². The fourth-order valence-corrected chi connectivity index (χ4v) is 5.43. The minimum atomic E-state index is -3.70. The summed E-state index contributed by atoms with van der Waals surface area (Å²) < 4.78 is 28.2. The second-order valence-corrected chi connectivity index (χ2v) is 9.61. The summed E-state index contributed by atoms with van der Waals surface area (Å²) in [4.78, 5) is 14.5. The number of carbonyl (C=O) groups excluding carboxylic acids is 1. The van der Waals surface area contributed by atoms with Crippen molar-refractivity contribution < 1.29 is 13.2 Å². The Morgan fingerprint density at radius 3 is 2.42 bits per heavy atom. The van der Waals surface area contributed by atoms with Crippen LogP contribution in [-0.4, -0.2) is 32.3 Å². The predicted octanol–water partition coefficient (Wildman–Crippen LogP) is 4.18. The van der Waals surface area contributed by atoms with Gasteiger partial charge >= 0.3 is 0 Å². The minimum Gasteiger partial charge on any atom is -0.339 e. The van der Waals surface area contributed by atoms with E-state index < -0.39 is 10.0 Å². The van der Waals surface area contributed by atoms with Crippen LogP contribution in [-0.2, 0) is 10.0 Å². The molecule has 140 valence electrons. The van der Waals surface area contributed by atoms with Crippen molar-refractivity contribution in [3.8, 4) is 0 Å². The first kappa shape index (κ1) is 18.9. The van der Waals surface area contributed by atoms with E-state index in [2.05, 4.69) is 4.72 Å². The lowest BCUT2D eigenvalue weighted by molar-refractivity contribution is 0.0762. The molecular weight excluding hydrogens is 368 g/mol. The van der Waals surface area contributed by atoms with Gasteiger partial charge < -0.3 is 4.90 Å². The fourth-order valence-electron chi connectivity index (χ4n) is 3.15. The highest BCUT2D eigenvalue weighted by molar-refractivity contribution is 7.94. The Bertz CT molecular complexity index is 895. The van der Waals surface area contributed by atoms with Crippen LogP contribution in [0.3, 0.4) is 0 Å². The van der Waals surface area contributed by atoms with Gasteiger partial charge in [0.05, 0.1) is 11.3 Å². The SMILES string of the molecule is Cc1ccc(NS(=O)(=O)c2cc(C(=O)N3CCCCCC3)cs2)c(C)c1. The first-order valence-electron chi connectivity index (χ1n) is 8.85. The molecule has 1 saturated heterocycles. The van der Waals surface area contributed by atoms with Crippen molar-refractivity contribution >= 4 is 33.0 Å². The predicted molar refractivity (Wildman–Crippen MR) is 105 cm³/mol. The lowest BCUT2D eigenvalue weighted by Crippen LogP contribution is -2.31. The van der Waals surface area contributed by atoms with Gasteiger partial charge in [-0.3, -0.25) is 9.52 Å². The maximum atomic E-state index is 12.7. The summed E-state index contributed by atoms with van der Waals surface area (Å²) in [6.07, 6.45) is 4.31. The van der Waals surface area contributed by atoms with Crippen LogP contribution in [0.4, 0.5) is 5.69 Å². The van der Waals surface area contributed by atoms with E-state index in [1.165, 1.54) is 6.07 Å². The number of sulfonamides is 1. The third-order valence-corrected chi connectivity index (χ3v) is 7.41. The van der Waals surface area contributed by atoms with Gasteiger partial charge in [0, 0.05) is 18.5 Å². The third-order valence-electron chi connectivity index (χ3n) is 4.61. The number of amides is 1. The van der Waals surface area contributed by atoms with E-state index in [0.717, 1.165) is 61.2 Å². The Balaban J connectivity index is 1.78. The summed E-state index contributed by atoms with van der Waals surface area (Å²) in [7, 11) is -3.70. The number of thiophene rings is 1. The Labute approximate surface area is 159 Å². The zero-order chi connectivity index (χ0) is 18.7. The first-order valence-corrected chi connectivity index (χ1v) is 11.2. The molecule has 0 radical (unpaired) electrons. The molecule has 26 heavy (non-hydrogen) atoms. The van der Waals surface area contributed by atoms with Gasteiger partial charge in [0.25, 0.3) is 15.9 Å². The topological polar surface area (TPSA) is 66.5 Å². The largest absolute Gasteiger partial charge is 0.339 e. The standard InChI is InChI=1S/C19H24N2O3S2/c1-14-7-8-17(15(2)11-14)20-26(23,24)18-12-16(13-25-18)19(22)21-9-5-3-4-6-10-21/h7-8,11-13,20H,3-6,9-10H2,1-2H3. The summed E-state index contributed by atoms with van der Waals surface area (Å²) in [5.74, 6) is -0.0730. The van der Waals surface area contributed by atoms with Crippen LogP contribution in [0.15, 0.2) is 33.9 Å². The highest BCUT2D eigenvalue weighted by Crippen LogP contribution is 2.26. The van der Waals surface area contributed by atoms with Crippen molar-refractivity contribution in [3.63, 3.8) is 0 Å². The molecule has 0 unspecified atom stereocenters. The Kier molecular flexibility index (Phi) is 5.67. The number of nitrogens with one attached hydrogen (secondary N) is 1. The van der Waals surface area contributed by atoms with Gasteiger partial charge in [-0.1, -0.05) is 30.5 Å². The van der Waals surface area contributed by atoms with E-state index in [0.29, 0.717) is 11.3 Å². The van der Waals surface area contributed by atoms with Gasteiger partial charge in [-0.05, 0) is 44.4 Å². The quantitative estimate of drug-likeness (QED) is 0.849. The van der Waals surface area contributed by atoms with Crippen LogP contribution in [0, 0.1) is 13.8 Å². The molecule has 1 aromatic heterocycles. The van der Waals surface area contributed by atoms with E-state index in [1.807, 2.05) is 30.9 Å². The van der Waals surface area contributed by atoms with E-state index in [4.69, 9.17) is 0 Å². The molecule has 0 saturated carbocycles. The number of benzene rings is 1. The molecule has 2 aromatic rings. The number of likely N-dealkylation sites (tertiary alicyclic amines) is 1. The molecule has 2 heterocycles. The van der Waals surface area contributed by atoms with Gasteiger partial charge in [0.2, 0.25) is 0 Å². The molecule has 7 heteroatoms. The number of hydrogen-bond donors (Lipinski definition) is 1. The lowest BCUT2D eigenvalue weighted by atomic mass is 10.1. The van der Waals surface area contributed by atoms with Crippen molar-refractivity contribution in [2.24, 2.45) is 0 Å². The van der Waals surface area contributed by atoms with E-state index in [1.54, 1.807) is 11.4 Å². The Morgan fingerprint density at radius 2 is 1.77 bits per heavy atom. The summed E-state index contributed by atoms with van der Waals surface area (Å²) in [5.41, 5.74) is 2.96. The van der Waals surface area contributed by atoms with Crippen molar-refractivity contribution in [2.45, 2.75) is 43.7 Å². The molecule has 0 atom stereocenters. The van der Waals surface area contributed by atoms with Crippen LogP contribution in [0.2, 0.25) is 0 Å². The summed E-state index contributed by atoms with van der Waals surface area (Å²) in [6, 6.07) is 7.05. The van der Waals surface area contributed by atoms with E-state index in [9.17, 15) is 13.2 Å². The van der Waals surface area contributed by atoms with Crippen LogP contribution >= 0.6 is 11.3 Å². The molecule has 5 nitrogen and oxygen atoms in total. The second-order valence-electron chi connectivity index (χ2n) is 6.78. The van der Waals surface area contributed by atoms with Crippen LogP contribution in [0.5, 0.6) is 0 Å². The molecular formula is C19H24N2O3S2. The Morgan fingerprint density at radius 1 is 1.08 bits per heavy atom. The molecule has 0 aliphatic carbocycles. The molecule has 0 spiro atoms. The molecule has 0 bridgehead atoms. The number of hydrogen-bond acceptors (Lipinski definition) is 4. The molecule has 1 aliphatic rings. The van der Waals surface area contributed by atoms with E-state index >= 15 is 0 Å². The number of carbonyl (C=O) groups is 1. The molecule has 1 aromatic carbocycles. The van der Waals surface area contributed by atoms with Gasteiger partial charge in [-0.2, -0.15) is 0 Å². The van der Waals surface area contributed by atoms with Crippen molar-refractivity contribution in [2.75, 3.05) is 17.8 Å². The highest BCUT2D eigenvalue weighted by Gasteiger charge is 2.23. The molecule has 1 amide bonds. The van der Waals surface area contributed by atoms with Gasteiger partial charge in [-0.25, -0.2) is 8.42 Å². The second kappa shape index (κ2) is 7.80. The summed E-state index contributed by atoms with van der Waals surface area (Å²) >= 11 is 1.08. The van der Waals surface area contributed by atoms with Crippen LogP contribution in [0.1, 0.15) is 47.2 Å². The number of aryl methyl sites for hydroxylation is 2. The minimum absolute atomic E-state index is 0.0730.